The van der Waals surface area contributed by atoms with Crippen LogP contribution < -0.4 is 5.32 Å². The molecule has 1 aliphatic rings. The Labute approximate surface area is 505 Å². The molecule has 0 aliphatic carbocycles. The van der Waals surface area contributed by atoms with E-state index in [-0.39, 0.29) is 19.4 Å². The van der Waals surface area contributed by atoms with Gasteiger partial charge in [0.2, 0.25) is 5.91 Å². The van der Waals surface area contributed by atoms with E-state index in [2.05, 4.69) is 92.9 Å². The third-order valence-electron chi connectivity index (χ3n) is 14.4. The standard InChI is InChI=1S/C72H117NO10/c1-4-7-10-13-16-19-22-24-26-28-29-30-31-32-33-34-35-36-37-38-40-42-45-48-51-54-57-60-67(77)83-70-69(79)68(78)66(61-74)82-72(70)81-62-63(64(75)58-55-52-49-46-43-21-18-15-12-9-6-3)73-71(80)65(76)59-56-53-50-47-44-41-39-27-25-23-20-17-14-11-8-5-2/h7-8,10-11,14,16-17,19-20,23-27,29-30,32-33,39,41,44,47,55,58,63-66,68-70,72,74-76,78-79H,4-6,9,12-13,15,18,21-22,28,31,34-38,40,42-43,45-46,48-54,56-57,59-62H2,1-3H3,(H,73,80)/b10-7-,11-8-,17-14+,19-16-,23-20+,26-24-,27-25-,30-29-,33-32-,41-39+,47-44+,58-55+. The fourth-order valence-electron chi connectivity index (χ4n) is 9.30. The van der Waals surface area contributed by atoms with Crippen LogP contribution in [0.15, 0.2) is 146 Å². The van der Waals surface area contributed by atoms with Crippen LogP contribution in [-0.4, -0.2) is 99.6 Å². The molecule has 6 N–H and O–H groups in total. The molecule has 0 aromatic carbocycles. The Bertz CT molecular complexity index is 1910. The summed E-state index contributed by atoms with van der Waals surface area (Å²) in [7, 11) is 0. The lowest BCUT2D eigenvalue weighted by Crippen LogP contribution is -2.61. The molecule has 0 bridgehead atoms. The molecule has 8 atom stereocenters. The van der Waals surface area contributed by atoms with Crippen molar-refractivity contribution in [2.75, 3.05) is 13.2 Å². The van der Waals surface area contributed by atoms with E-state index in [1.165, 1.54) is 77.0 Å². The molecule has 0 radical (unpaired) electrons. The normalized spacial score (nSPS) is 19.5. The Morgan fingerprint density at radius 3 is 1.45 bits per heavy atom. The maximum Gasteiger partial charge on any atom is 0.306 e. The van der Waals surface area contributed by atoms with Crippen LogP contribution in [0.2, 0.25) is 0 Å². The van der Waals surface area contributed by atoms with Gasteiger partial charge in [0.1, 0.15) is 24.4 Å². The van der Waals surface area contributed by atoms with E-state index in [0.717, 1.165) is 109 Å². The van der Waals surface area contributed by atoms with Crippen molar-refractivity contribution >= 4 is 11.9 Å². The van der Waals surface area contributed by atoms with E-state index in [0.29, 0.717) is 12.8 Å². The first-order valence-corrected chi connectivity index (χ1v) is 32.7. The van der Waals surface area contributed by atoms with Crippen molar-refractivity contribution in [3.63, 3.8) is 0 Å². The number of nitrogens with one attached hydrogen (secondary N) is 1. The van der Waals surface area contributed by atoms with Crippen molar-refractivity contribution < 1.29 is 49.3 Å². The highest BCUT2D eigenvalue weighted by Crippen LogP contribution is 2.26. The van der Waals surface area contributed by atoms with Gasteiger partial charge in [0.25, 0.3) is 0 Å². The number of aliphatic hydroxyl groups is 5. The van der Waals surface area contributed by atoms with Crippen molar-refractivity contribution in [3.05, 3.63) is 146 Å². The summed E-state index contributed by atoms with van der Waals surface area (Å²) in [6, 6.07) is -1.06. The summed E-state index contributed by atoms with van der Waals surface area (Å²) < 4.78 is 17.6. The average molecular weight is 1160 g/mol. The van der Waals surface area contributed by atoms with Gasteiger partial charge in [0, 0.05) is 6.42 Å². The zero-order valence-electron chi connectivity index (χ0n) is 52.0. The average Bonchev–Trinajstić information content (AvgIpc) is 3.52. The molecule has 1 saturated heterocycles. The molecular weight excluding hydrogens is 1040 g/mol. The number of aliphatic hydroxyl groups excluding tert-OH is 5. The highest BCUT2D eigenvalue weighted by molar-refractivity contribution is 5.80. The fraction of sp³-hybridized carbons (Fsp3) is 0.639. The molecule has 1 heterocycles. The molecule has 1 fully saturated rings. The smallest absolute Gasteiger partial charge is 0.306 e. The van der Waals surface area contributed by atoms with Gasteiger partial charge in [-0.3, -0.25) is 9.59 Å². The van der Waals surface area contributed by atoms with Crippen LogP contribution in [-0.2, 0) is 23.8 Å². The molecular formula is C72H117NO10. The first-order valence-electron chi connectivity index (χ1n) is 32.7. The first-order chi connectivity index (χ1) is 40.7. The summed E-state index contributed by atoms with van der Waals surface area (Å²) in [6.07, 6.45) is 73.2. The molecule has 1 rings (SSSR count). The van der Waals surface area contributed by atoms with Crippen LogP contribution in [0.4, 0.5) is 0 Å². The first kappa shape index (κ1) is 76.6. The molecule has 0 aromatic heterocycles. The molecule has 8 unspecified atom stereocenters. The summed E-state index contributed by atoms with van der Waals surface area (Å²) in [5.41, 5.74) is 0. The van der Waals surface area contributed by atoms with Gasteiger partial charge in [-0.15, -0.1) is 0 Å². The predicted molar refractivity (Wildman–Crippen MR) is 347 cm³/mol. The van der Waals surface area contributed by atoms with Crippen molar-refractivity contribution in [1.82, 2.24) is 5.32 Å². The summed E-state index contributed by atoms with van der Waals surface area (Å²) >= 11 is 0. The molecule has 0 aromatic rings. The van der Waals surface area contributed by atoms with E-state index in [9.17, 15) is 35.1 Å². The summed E-state index contributed by atoms with van der Waals surface area (Å²) in [4.78, 5) is 26.6. The minimum atomic E-state index is -1.63. The van der Waals surface area contributed by atoms with Crippen LogP contribution in [0, 0.1) is 0 Å². The Hall–Kier alpha value is -4.46. The molecule has 83 heavy (non-hydrogen) atoms. The van der Waals surface area contributed by atoms with E-state index >= 15 is 0 Å². The number of unbranched alkanes of at least 4 members (excludes halogenated alkanes) is 22. The lowest BCUT2D eigenvalue weighted by Gasteiger charge is -2.41. The molecule has 11 heteroatoms. The second kappa shape index (κ2) is 57.9. The van der Waals surface area contributed by atoms with E-state index < -0.39 is 67.4 Å². The summed E-state index contributed by atoms with van der Waals surface area (Å²) in [6.45, 7) is 5.48. The van der Waals surface area contributed by atoms with Crippen molar-refractivity contribution in [2.24, 2.45) is 0 Å². The topological polar surface area (TPSA) is 175 Å². The van der Waals surface area contributed by atoms with Gasteiger partial charge < -0.3 is 45.1 Å². The van der Waals surface area contributed by atoms with Gasteiger partial charge in [-0.1, -0.05) is 282 Å². The largest absolute Gasteiger partial charge is 0.454 e. The SMILES string of the molecule is CC\C=C/C=C/C=C/C=C\C=C\C=C\CCCCC(O)C(=O)NC(COC1OC(CO)C(O)C(O)C1OC(=O)CCCCCCCCCCCCC/C=C\C/C=C\C/C=C\C/C=C\C/C=C\CC)C(O)/C=C/CCCCCCCCCCC. The van der Waals surface area contributed by atoms with Crippen LogP contribution in [0.25, 0.3) is 0 Å². The quantitative estimate of drug-likeness (QED) is 0.0149. The molecule has 0 saturated carbocycles. The lowest BCUT2D eigenvalue weighted by molar-refractivity contribution is -0.305. The Kier molecular flexibility index (Phi) is 53.4. The van der Waals surface area contributed by atoms with E-state index in [4.69, 9.17) is 14.2 Å². The van der Waals surface area contributed by atoms with Crippen molar-refractivity contribution in [3.8, 4) is 0 Å². The summed E-state index contributed by atoms with van der Waals surface area (Å²) in [5.74, 6) is -1.25. The Morgan fingerprint density at radius 2 is 0.928 bits per heavy atom. The summed E-state index contributed by atoms with van der Waals surface area (Å²) in [5, 5.41) is 57.0. The number of allylic oxidation sites excluding steroid dienone is 23. The van der Waals surface area contributed by atoms with Crippen LogP contribution in [0.3, 0.4) is 0 Å². The number of hydrogen-bond donors (Lipinski definition) is 6. The van der Waals surface area contributed by atoms with Crippen LogP contribution in [0.5, 0.6) is 0 Å². The minimum absolute atomic E-state index is 0.105. The van der Waals surface area contributed by atoms with Crippen LogP contribution in [0.1, 0.15) is 233 Å². The van der Waals surface area contributed by atoms with Gasteiger partial charge in [0.15, 0.2) is 12.4 Å². The zero-order chi connectivity index (χ0) is 60.3. The third kappa shape index (κ3) is 45.6. The fourth-order valence-corrected chi connectivity index (χ4v) is 9.30. The number of carbonyl (C=O) groups excluding carboxylic acids is 2. The number of esters is 1. The highest BCUT2D eigenvalue weighted by atomic mass is 16.7. The maximum atomic E-state index is 13.4. The monoisotopic (exact) mass is 1160 g/mol. The minimum Gasteiger partial charge on any atom is -0.454 e. The Balaban J connectivity index is 2.61. The van der Waals surface area contributed by atoms with Gasteiger partial charge in [-0.2, -0.15) is 0 Å². The maximum absolute atomic E-state index is 13.4. The second-order valence-electron chi connectivity index (χ2n) is 21.9. The number of carbonyl (C=O) groups is 2. The second-order valence-corrected chi connectivity index (χ2v) is 21.9. The van der Waals surface area contributed by atoms with Gasteiger partial charge in [-0.25, -0.2) is 0 Å². The number of amides is 1. The lowest BCUT2D eigenvalue weighted by atomic mass is 9.99. The van der Waals surface area contributed by atoms with E-state index in [1.807, 2.05) is 72.9 Å². The Morgan fingerprint density at radius 1 is 0.494 bits per heavy atom. The third-order valence-corrected chi connectivity index (χ3v) is 14.4. The zero-order valence-corrected chi connectivity index (χ0v) is 52.0. The molecule has 1 amide bonds. The van der Waals surface area contributed by atoms with Crippen molar-refractivity contribution in [2.45, 2.75) is 282 Å². The number of ether oxygens (including phenoxy) is 3. The molecule has 11 nitrogen and oxygen atoms in total. The molecule has 0 spiro atoms. The van der Waals surface area contributed by atoms with E-state index in [1.54, 1.807) is 6.08 Å². The highest BCUT2D eigenvalue weighted by Gasteiger charge is 2.47. The number of rotatable bonds is 53. The molecule has 470 valence electrons. The van der Waals surface area contributed by atoms with Crippen molar-refractivity contribution in [1.29, 1.82) is 0 Å². The van der Waals surface area contributed by atoms with Gasteiger partial charge >= 0.3 is 5.97 Å². The van der Waals surface area contributed by atoms with Gasteiger partial charge in [-0.05, 0) is 89.9 Å². The molecule has 1 aliphatic heterocycles. The number of hydrogen-bond acceptors (Lipinski definition) is 10. The predicted octanol–water partition coefficient (Wildman–Crippen LogP) is 16.2. The van der Waals surface area contributed by atoms with Crippen LogP contribution >= 0.6 is 0 Å². The van der Waals surface area contributed by atoms with Gasteiger partial charge in [0.05, 0.1) is 25.4 Å².